The number of fused-ring (bicyclic) bond motifs is 4. The monoisotopic (exact) mass is 354 g/mol. The molecule has 0 aromatic heterocycles. The van der Waals surface area contributed by atoms with E-state index < -0.39 is 0 Å². The zero-order chi connectivity index (χ0) is 18.2. The molecule has 1 aliphatic carbocycles. The molecule has 0 saturated heterocycles. The molecule has 0 radical (unpaired) electrons. The molecule has 3 aromatic rings. The van der Waals surface area contributed by atoms with Gasteiger partial charge in [0.2, 0.25) is 5.91 Å². The Morgan fingerprint density at radius 1 is 0.852 bits per heavy atom. The minimum absolute atomic E-state index is 0.0537. The smallest absolute Gasteiger partial charge is 0.234 e. The molecule has 1 heterocycles. The van der Waals surface area contributed by atoms with Crippen LogP contribution in [0.4, 0.5) is 0 Å². The van der Waals surface area contributed by atoms with Gasteiger partial charge in [0.25, 0.3) is 0 Å². The van der Waals surface area contributed by atoms with Gasteiger partial charge in [0, 0.05) is 13.1 Å². The molecule has 0 saturated carbocycles. The van der Waals surface area contributed by atoms with Gasteiger partial charge < -0.3 is 5.32 Å². The van der Waals surface area contributed by atoms with Gasteiger partial charge in [-0.1, -0.05) is 72.8 Å². The summed E-state index contributed by atoms with van der Waals surface area (Å²) < 4.78 is 0. The molecular weight excluding hydrogens is 332 g/mol. The highest BCUT2D eigenvalue weighted by Gasteiger charge is 2.29. The molecule has 5 rings (SSSR count). The van der Waals surface area contributed by atoms with E-state index in [0.29, 0.717) is 6.54 Å². The summed E-state index contributed by atoms with van der Waals surface area (Å²) in [7, 11) is 0. The van der Waals surface area contributed by atoms with Crippen LogP contribution in [-0.2, 0) is 17.8 Å². The lowest BCUT2D eigenvalue weighted by molar-refractivity contribution is -0.122. The van der Waals surface area contributed by atoms with E-state index in [1.165, 1.54) is 33.4 Å². The first-order valence-electron chi connectivity index (χ1n) is 9.56. The first-order chi connectivity index (χ1) is 13.3. The van der Waals surface area contributed by atoms with E-state index in [1.807, 2.05) is 12.1 Å². The third kappa shape index (κ3) is 2.94. The van der Waals surface area contributed by atoms with Gasteiger partial charge in [-0.05, 0) is 39.8 Å². The highest BCUT2D eigenvalue weighted by Crippen LogP contribution is 2.42. The van der Waals surface area contributed by atoms with E-state index in [-0.39, 0.29) is 11.9 Å². The molecule has 3 heteroatoms. The van der Waals surface area contributed by atoms with Crippen molar-refractivity contribution in [1.29, 1.82) is 0 Å². The van der Waals surface area contributed by atoms with Gasteiger partial charge in [0.15, 0.2) is 0 Å². The maximum absolute atomic E-state index is 12.8. The molecule has 0 bridgehead atoms. The van der Waals surface area contributed by atoms with E-state index in [9.17, 15) is 4.79 Å². The van der Waals surface area contributed by atoms with Crippen LogP contribution in [0, 0.1) is 0 Å². The third-order valence-corrected chi connectivity index (χ3v) is 5.72. The predicted molar refractivity (Wildman–Crippen MR) is 107 cm³/mol. The van der Waals surface area contributed by atoms with Crippen molar-refractivity contribution in [2.24, 2.45) is 0 Å². The minimum Gasteiger partial charge on any atom is -0.344 e. The summed E-state index contributed by atoms with van der Waals surface area (Å²) in [4.78, 5) is 15.1. The van der Waals surface area contributed by atoms with E-state index >= 15 is 0 Å². The lowest BCUT2D eigenvalue weighted by Gasteiger charge is -2.28. The van der Waals surface area contributed by atoms with Crippen LogP contribution in [0.1, 0.15) is 28.3 Å². The molecule has 134 valence electrons. The summed E-state index contributed by atoms with van der Waals surface area (Å²) >= 11 is 0. The molecule has 0 unspecified atom stereocenters. The lowest BCUT2D eigenvalue weighted by atomic mass is 10.00. The number of benzene rings is 3. The van der Waals surface area contributed by atoms with Gasteiger partial charge in [0.1, 0.15) is 0 Å². The van der Waals surface area contributed by atoms with Crippen molar-refractivity contribution in [1.82, 2.24) is 10.2 Å². The van der Waals surface area contributed by atoms with Gasteiger partial charge in [-0.2, -0.15) is 0 Å². The number of carbonyl (C=O) groups excluding carboxylic acids is 1. The van der Waals surface area contributed by atoms with Gasteiger partial charge in [0.05, 0.1) is 12.6 Å². The van der Waals surface area contributed by atoms with E-state index in [2.05, 4.69) is 70.9 Å². The molecule has 2 aliphatic rings. The molecule has 3 nitrogen and oxygen atoms in total. The topological polar surface area (TPSA) is 32.3 Å². The van der Waals surface area contributed by atoms with Crippen LogP contribution in [0.3, 0.4) is 0 Å². The fourth-order valence-electron chi connectivity index (χ4n) is 4.41. The second-order valence-corrected chi connectivity index (χ2v) is 7.40. The quantitative estimate of drug-likeness (QED) is 0.773. The van der Waals surface area contributed by atoms with E-state index in [4.69, 9.17) is 0 Å². The Morgan fingerprint density at radius 3 is 2.15 bits per heavy atom. The second-order valence-electron chi connectivity index (χ2n) is 7.40. The molecule has 1 N–H and O–H groups in total. The molecule has 0 atom stereocenters. The average molecular weight is 354 g/mol. The predicted octanol–water partition coefficient (Wildman–Crippen LogP) is 3.93. The first-order valence-corrected chi connectivity index (χ1v) is 9.56. The number of nitrogens with one attached hydrogen (secondary N) is 1. The Balaban J connectivity index is 1.33. The Hall–Kier alpha value is -2.91. The van der Waals surface area contributed by atoms with Crippen molar-refractivity contribution in [3.8, 4) is 11.1 Å². The summed E-state index contributed by atoms with van der Waals surface area (Å²) in [6, 6.07) is 25.2. The fourth-order valence-corrected chi connectivity index (χ4v) is 4.41. The summed E-state index contributed by atoms with van der Waals surface area (Å²) in [6.45, 7) is 2.22. The molecule has 0 spiro atoms. The van der Waals surface area contributed by atoms with Crippen molar-refractivity contribution < 1.29 is 4.79 Å². The van der Waals surface area contributed by atoms with E-state index in [1.54, 1.807) is 0 Å². The van der Waals surface area contributed by atoms with Crippen molar-refractivity contribution in [2.45, 2.75) is 19.0 Å². The minimum atomic E-state index is -0.0537. The number of carbonyl (C=O) groups is 1. The molecule has 27 heavy (non-hydrogen) atoms. The Morgan fingerprint density at radius 2 is 1.44 bits per heavy atom. The fraction of sp³-hybridized carbons (Fsp3) is 0.208. The molecule has 1 amide bonds. The highest BCUT2D eigenvalue weighted by molar-refractivity contribution is 5.84. The van der Waals surface area contributed by atoms with Crippen LogP contribution in [0.25, 0.3) is 11.1 Å². The summed E-state index contributed by atoms with van der Waals surface area (Å²) in [6.07, 6.45) is 1.01. The average Bonchev–Trinajstić information content (AvgIpc) is 3.02. The second kappa shape index (κ2) is 6.67. The maximum Gasteiger partial charge on any atom is 0.234 e. The van der Waals surface area contributed by atoms with E-state index in [0.717, 1.165) is 19.5 Å². The lowest BCUT2D eigenvalue weighted by Crippen LogP contribution is -2.41. The van der Waals surface area contributed by atoms with Gasteiger partial charge in [-0.25, -0.2) is 0 Å². The maximum atomic E-state index is 12.8. The zero-order valence-electron chi connectivity index (χ0n) is 15.2. The SMILES string of the molecule is O=C(CN1CCc2ccccc2C1)NC1c2ccccc2-c2ccccc21. The highest BCUT2D eigenvalue weighted by atomic mass is 16.2. The van der Waals surface area contributed by atoms with Gasteiger partial charge in [-0.15, -0.1) is 0 Å². The zero-order valence-corrected chi connectivity index (χ0v) is 15.2. The van der Waals surface area contributed by atoms with Crippen LogP contribution in [0.5, 0.6) is 0 Å². The number of rotatable bonds is 3. The van der Waals surface area contributed by atoms with Crippen LogP contribution >= 0.6 is 0 Å². The number of amides is 1. The molecule has 0 fully saturated rings. The summed E-state index contributed by atoms with van der Waals surface area (Å²) in [5.74, 6) is 0.0888. The first kappa shape index (κ1) is 16.3. The van der Waals surface area contributed by atoms with Crippen LogP contribution in [-0.4, -0.2) is 23.9 Å². The Labute approximate surface area is 159 Å². The third-order valence-electron chi connectivity index (χ3n) is 5.72. The Kier molecular flexibility index (Phi) is 4.02. The molecule has 3 aromatic carbocycles. The van der Waals surface area contributed by atoms with Crippen LogP contribution in [0.15, 0.2) is 72.8 Å². The van der Waals surface area contributed by atoms with Gasteiger partial charge in [-0.3, -0.25) is 9.69 Å². The van der Waals surface area contributed by atoms with Crippen molar-refractivity contribution in [2.75, 3.05) is 13.1 Å². The Bertz CT molecular complexity index is 965. The molecular formula is C24H22N2O. The van der Waals surface area contributed by atoms with Crippen LogP contribution in [0.2, 0.25) is 0 Å². The summed E-state index contributed by atoms with van der Waals surface area (Å²) in [5, 5.41) is 3.28. The van der Waals surface area contributed by atoms with Crippen molar-refractivity contribution in [3.63, 3.8) is 0 Å². The largest absolute Gasteiger partial charge is 0.344 e. The normalized spacial score (nSPS) is 15.7. The summed E-state index contributed by atoms with van der Waals surface area (Å²) in [5.41, 5.74) is 7.59. The van der Waals surface area contributed by atoms with Gasteiger partial charge >= 0.3 is 0 Å². The van der Waals surface area contributed by atoms with Crippen LogP contribution < -0.4 is 5.32 Å². The molecule has 1 aliphatic heterocycles. The number of hydrogen-bond donors (Lipinski definition) is 1. The number of hydrogen-bond acceptors (Lipinski definition) is 2. The van der Waals surface area contributed by atoms with Crippen molar-refractivity contribution >= 4 is 5.91 Å². The van der Waals surface area contributed by atoms with Crippen molar-refractivity contribution in [3.05, 3.63) is 95.1 Å². The standard InChI is InChI=1S/C24H22N2O/c27-23(16-26-14-13-17-7-1-2-8-18(17)15-26)25-24-21-11-5-3-9-19(21)20-10-4-6-12-22(20)24/h1-12,24H,13-16H2,(H,25,27). The number of nitrogens with zero attached hydrogens (tertiary/aromatic N) is 1.